The highest BCUT2D eigenvalue weighted by molar-refractivity contribution is 5.82. The Bertz CT molecular complexity index is 667. The van der Waals surface area contributed by atoms with Crippen LogP contribution in [-0.2, 0) is 11.3 Å². The van der Waals surface area contributed by atoms with Crippen molar-refractivity contribution in [3.05, 3.63) is 29.8 Å². The van der Waals surface area contributed by atoms with Gasteiger partial charge in [-0.2, -0.15) is 0 Å². The minimum atomic E-state index is 0.0899. The summed E-state index contributed by atoms with van der Waals surface area (Å²) in [5, 5.41) is 9.68. The van der Waals surface area contributed by atoms with Crippen LogP contribution < -0.4 is 20.9 Å². The Morgan fingerprint density at radius 2 is 1.83 bits per heavy atom. The van der Waals surface area contributed by atoms with E-state index in [0.29, 0.717) is 19.6 Å². The molecule has 3 rings (SSSR count). The second-order valence-corrected chi connectivity index (χ2v) is 8.17. The third-order valence-electron chi connectivity index (χ3n) is 5.75. The van der Waals surface area contributed by atoms with Crippen molar-refractivity contribution in [3.8, 4) is 0 Å². The Labute approximate surface area is 181 Å². The summed E-state index contributed by atoms with van der Waals surface area (Å²) >= 11 is 0. The summed E-state index contributed by atoms with van der Waals surface area (Å²) in [5.74, 6) is 0.970. The Kier molecular flexibility index (Phi) is 9.28. The zero-order chi connectivity index (χ0) is 21.0. The molecule has 0 aliphatic carbocycles. The monoisotopic (exact) mass is 414 g/mol. The van der Waals surface area contributed by atoms with E-state index in [9.17, 15) is 4.79 Å². The van der Waals surface area contributed by atoms with Gasteiger partial charge >= 0.3 is 0 Å². The van der Waals surface area contributed by atoms with Gasteiger partial charge in [0.2, 0.25) is 5.91 Å². The maximum atomic E-state index is 11.6. The minimum absolute atomic E-state index is 0.0899. The predicted molar refractivity (Wildman–Crippen MR) is 124 cm³/mol. The molecule has 0 radical (unpaired) electrons. The van der Waals surface area contributed by atoms with Crippen LogP contribution >= 0.6 is 0 Å². The van der Waals surface area contributed by atoms with Crippen molar-refractivity contribution in [2.45, 2.75) is 45.6 Å². The number of anilines is 1. The van der Waals surface area contributed by atoms with Crippen LogP contribution in [0.4, 0.5) is 5.69 Å². The van der Waals surface area contributed by atoms with Crippen molar-refractivity contribution in [3.63, 3.8) is 0 Å². The third-order valence-corrected chi connectivity index (χ3v) is 5.75. The van der Waals surface area contributed by atoms with Gasteiger partial charge in [0.1, 0.15) is 0 Å². The number of likely N-dealkylation sites (tertiary alicyclic amines) is 1. The first kappa shape index (κ1) is 22.4. The largest absolute Gasteiger partial charge is 0.360 e. The Hall–Kier alpha value is -2.28. The van der Waals surface area contributed by atoms with Gasteiger partial charge in [0, 0.05) is 31.9 Å². The van der Waals surface area contributed by atoms with E-state index in [1.807, 2.05) is 0 Å². The number of nitrogens with zero attached hydrogens (tertiary/aromatic N) is 3. The van der Waals surface area contributed by atoms with Crippen LogP contribution in [-0.4, -0.2) is 69.1 Å². The number of carbonyl (C=O) groups excluding carboxylic acids is 1. The number of benzene rings is 1. The molecule has 0 unspecified atom stereocenters. The summed E-state index contributed by atoms with van der Waals surface area (Å²) in [6.07, 6.45) is 6.62. The summed E-state index contributed by atoms with van der Waals surface area (Å²) in [7, 11) is 0. The number of piperazine rings is 1. The average molecular weight is 415 g/mol. The number of hydrogen-bond donors (Lipinski definition) is 3. The molecule has 2 saturated heterocycles. The van der Waals surface area contributed by atoms with Gasteiger partial charge in [-0.05, 0) is 63.5 Å². The highest BCUT2D eigenvalue weighted by atomic mass is 16.2. The molecule has 7 heteroatoms. The minimum Gasteiger partial charge on any atom is -0.360 e. The summed E-state index contributed by atoms with van der Waals surface area (Å²) in [5.41, 5.74) is 2.26. The van der Waals surface area contributed by atoms with E-state index in [4.69, 9.17) is 4.99 Å². The zero-order valence-corrected chi connectivity index (χ0v) is 18.5. The van der Waals surface area contributed by atoms with Gasteiger partial charge in [0.25, 0.3) is 0 Å². The summed E-state index contributed by atoms with van der Waals surface area (Å²) in [6.45, 7) is 10.2. The number of rotatable bonds is 8. The van der Waals surface area contributed by atoms with E-state index in [-0.39, 0.29) is 5.91 Å². The fourth-order valence-corrected chi connectivity index (χ4v) is 4.05. The van der Waals surface area contributed by atoms with Crippen molar-refractivity contribution >= 4 is 17.6 Å². The number of carbonyl (C=O) groups is 1. The summed E-state index contributed by atoms with van der Waals surface area (Å²) in [6, 6.07) is 8.39. The number of hydrogen-bond acceptors (Lipinski definition) is 4. The molecule has 3 N–H and O–H groups in total. The van der Waals surface area contributed by atoms with Gasteiger partial charge < -0.3 is 25.8 Å². The molecule has 0 bridgehead atoms. The molecule has 1 aromatic rings. The van der Waals surface area contributed by atoms with Crippen LogP contribution in [0.3, 0.4) is 0 Å². The normalized spacial score (nSPS) is 18.6. The van der Waals surface area contributed by atoms with Gasteiger partial charge in [-0.1, -0.05) is 25.0 Å². The fourth-order valence-electron chi connectivity index (χ4n) is 4.05. The lowest BCUT2D eigenvalue weighted by Crippen LogP contribution is -2.47. The molecule has 166 valence electrons. The van der Waals surface area contributed by atoms with E-state index in [0.717, 1.165) is 37.7 Å². The van der Waals surface area contributed by atoms with E-state index in [1.165, 1.54) is 50.9 Å². The second-order valence-electron chi connectivity index (χ2n) is 8.17. The number of amides is 1. The molecule has 1 aromatic carbocycles. The fraction of sp³-hybridized carbons (Fsp3) is 0.652. The first-order valence-electron chi connectivity index (χ1n) is 11.6. The van der Waals surface area contributed by atoms with Crippen molar-refractivity contribution in [1.82, 2.24) is 20.9 Å². The molecular formula is C23H38N6O. The van der Waals surface area contributed by atoms with Gasteiger partial charge in [0.15, 0.2) is 5.96 Å². The topological polar surface area (TPSA) is 72.0 Å². The summed E-state index contributed by atoms with van der Waals surface area (Å²) < 4.78 is 0. The lowest BCUT2D eigenvalue weighted by atomic mass is 10.2. The quantitative estimate of drug-likeness (QED) is 0.345. The van der Waals surface area contributed by atoms with Crippen LogP contribution in [0.5, 0.6) is 0 Å². The van der Waals surface area contributed by atoms with Crippen molar-refractivity contribution in [2.24, 2.45) is 4.99 Å². The maximum Gasteiger partial charge on any atom is 0.239 e. The number of guanidine groups is 1. The highest BCUT2D eigenvalue weighted by Crippen LogP contribution is 2.16. The Morgan fingerprint density at radius 1 is 1.07 bits per heavy atom. The van der Waals surface area contributed by atoms with Crippen molar-refractivity contribution in [2.75, 3.05) is 57.3 Å². The number of aliphatic imine (C=N–C) groups is 1. The SMILES string of the molecule is CCNC(=NCc1ccc(N2CCNC(=O)C2)cc1)NCCCN1CCCCCC1. The van der Waals surface area contributed by atoms with E-state index in [2.05, 4.69) is 56.9 Å². The average Bonchev–Trinajstić information content (AvgIpc) is 3.04. The van der Waals surface area contributed by atoms with Crippen molar-refractivity contribution in [1.29, 1.82) is 0 Å². The third kappa shape index (κ3) is 7.52. The molecule has 2 aliphatic heterocycles. The Morgan fingerprint density at radius 3 is 2.53 bits per heavy atom. The van der Waals surface area contributed by atoms with E-state index < -0.39 is 0 Å². The van der Waals surface area contributed by atoms with Gasteiger partial charge in [-0.25, -0.2) is 4.99 Å². The molecular weight excluding hydrogens is 376 g/mol. The molecule has 7 nitrogen and oxygen atoms in total. The van der Waals surface area contributed by atoms with E-state index in [1.54, 1.807) is 0 Å². The molecule has 0 aromatic heterocycles. The predicted octanol–water partition coefficient (Wildman–Crippen LogP) is 1.94. The van der Waals surface area contributed by atoms with Crippen LogP contribution in [0.1, 0.15) is 44.6 Å². The van der Waals surface area contributed by atoms with Gasteiger partial charge in [0.05, 0.1) is 13.1 Å². The van der Waals surface area contributed by atoms with Gasteiger partial charge in [-0.15, -0.1) is 0 Å². The second kappa shape index (κ2) is 12.4. The molecule has 30 heavy (non-hydrogen) atoms. The van der Waals surface area contributed by atoms with Gasteiger partial charge in [-0.3, -0.25) is 4.79 Å². The molecule has 0 saturated carbocycles. The molecule has 0 spiro atoms. The lowest BCUT2D eigenvalue weighted by Gasteiger charge is -2.28. The van der Waals surface area contributed by atoms with Crippen LogP contribution in [0, 0.1) is 0 Å². The molecule has 2 aliphatic rings. The van der Waals surface area contributed by atoms with Crippen LogP contribution in [0.15, 0.2) is 29.3 Å². The zero-order valence-electron chi connectivity index (χ0n) is 18.5. The molecule has 1 amide bonds. The molecule has 2 heterocycles. The first-order valence-corrected chi connectivity index (χ1v) is 11.6. The van der Waals surface area contributed by atoms with Crippen LogP contribution in [0.25, 0.3) is 0 Å². The van der Waals surface area contributed by atoms with Crippen LogP contribution in [0.2, 0.25) is 0 Å². The smallest absolute Gasteiger partial charge is 0.239 e. The summed E-state index contributed by atoms with van der Waals surface area (Å²) in [4.78, 5) is 21.0. The molecule has 2 fully saturated rings. The highest BCUT2D eigenvalue weighted by Gasteiger charge is 2.16. The first-order chi connectivity index (χ1) is 14.7. The standard InChI is InChI=1S/C23H38N6O/c1-2-24-23(26-12-7-16-28-14-5-3-4-6-15-28)27-18-20-8-10-21(11-9-20)29-17-13-25-22(30)19-29/h8-11H,2-7,12-19H2,1H3,(H,25,30)(H2,24,26,27). The maximum absolute atomic E-state index is 11.6. The lowest BCUT2D eigenvalue weighted by molar-refractivity contribution is -0.120. The van der Waals surface area contributed by atoms with E-state index >= 15 is 0 Å². The molecule has 0 atom stereocenters. The number of nitrogens with one attached hydrogen (secondary N) is 3. The van der Waals surface area contributed by atoms with Crippen molar-refractivity contribution < 1.29 is 4.79 Å². The Balaban J connectivity index is 1.43.